The van der Waals surface area contributed by atoms with Gasteiger partial charge in [0.15, 0.2) is 6.61 Å². The summed E-state index contributed by atoms with van der Waals surface area (Å²) in [6.07, 6.45) is 1.69. The Labute approximate surface area is 207 Å². The first-order chi connectivity index (χ1) is 15.0. The monoisotopic (exact) mass is 549 g/mol. The number of halogens is 2. The van der Waals surface area contributed by atoms with Crippen molar-refractivity contribution in [2.45, 2.75) is 51.7 Å². The predicted molar refractivity (Wildman–Crippen MR) is 136 cm³/mol. The maximum absolute atomic E-state index is 13.0. The molecule has 0 aliphatic rings. The lowest BCUT2D eigenvalue weighted by Gasteiger charge is -2.20. The van der Waals surface area contributed by atoms with Crippen molar-refractivity contribution >= 4 is 45.5 Å². The van der Waals surface area contributed by atoms with Gasteiger partial charge in [-0.1, -0.05) is 19.9 Å². The van der Waals surface area contributed by atoms with Crippen LogP contribution in [0.25, 0.3) is 0 Å². The summed E-state index contributed by atoms with van der Waals surface area (Å²) in [6.45, 7) is 9.60. The maximum Gasteiger partial charge on any atom is 0.344 e. The van der Waals surface area contributed by atoms with Crippen LogP contribution >= 0.6 is 28.6 Å². The van der Waals surface area contributed by atoms with Gasteiger partial charge in [-0.25, -0.2) is 17.7 Å². The smallest absolute Gasteiger partial charge is 0.344 e. The molecule has 180 valence electrons. The Bertz CT molecular complexity index is 858. The molecule has 5 nitrogen and oxygen atoms in total. The number of ether oxygens (including phenoxy) is 2. The van der Waals surface area contributed by atoms with E-state index in [1.54, 1.807) is 44.4 Å². The van der Waals surface area contributed by atoms with E-state index in [2.05, 4.69) is 28.6 Å². The first kappa shape index (κ1) is 30.6. The second-order valence-corrected chi connectivity index (χ2v) is 9.58. The maximum atomic E-state index is 13.0. The molecule has 0 aromatic heterocycles. The average molecular weight is 551 g/mol. The number of thiol groups is 1. The molecule has 1 atom stereocenters. The van der Waals surface area contributed by atoms with E-state index < -0.39 is 22.6 Å². The van der Waals surface area contributed by atoms with Crippen molar-refractivity contribution < 1.29 is 22.9 Å². The SMILES string of the molecule is CC.CN(Cc1ccc(OCC(=O)OC(C)(C)C)c(Br)c1)S(=O)c1ccc(F)cc1.CS. The van der Waals surface area contributed by atoms with Crippen LogP contribution in [-0.4, -0.2) is 40.0 Å². The van der Waals surface area contributed by atoms with Crippen LogP contribution in [0.15, 0.2) is 51.8 Å². The van der Waals surface area contributed by atoms with Crippen molar-refractivity contribution in [3.05, 3.63) is 58.3 Å². The number of hydrogen-bond acceptors (Lipinski definition) is 5. The minimum atomic E-state index is -1.41. The zero-order valence-electron chi connectivity index (χ0n) is 19.6. The highest BCUT2D eigenvalue weighted by Crippen LogP contribution is 2.27. The molecule has 0 amide bonds. The van der Waals surface area contributed by atoms with Crippen molar-refractivity contribution in [3.63, 3.8) is 0 Å². The van der Waals surface area contributed by atoms with Crippen LogP contribution in [0, 0.1) is 5.82 Å². The van der Waals surface area contributed by atoms with Gasteiger partial charge in [0.25, 0.3) is 0 Å². The van der Waals surface area contributed by atoms with Gasteiger partial charge in [0.05, 0.1) is 9.37 Å². The summed E-state index contributed by atoms with van der Waals surface area (Å²) in [5.74, 6) is -0.302. The highest BCUT2D eigenvalue weighted by molar-refractivity contribution is 9.10. The average Bonchev–Trinajstić information content (AvgIpc) is 2.75. The number of benzene rings is 2. The summed E-state index contributed by atoms with van der Waals surface area (Å²) >= 11 is 6.95. The fourth-order valence-electron chi connectivity index (χ4n) is 2.31. The van der Waals surface area contributed by atoms with Gasteiger partial charge >= 0.3 is 5.97 Å². The van der Waals surface area contributed by atoms with Crippen LogP contribution in [0.4, 0.5) is 4.39 Å². The van der Waals surface area contributed by atoms with E-state index in [1.165, 1.54) is 24.3 Å². The molecule has 0 heterocycles. The van der Waals surface area contributed by atoms with Gasteiger partial charge in [0, 0.05) is 13.6 Å². The first-order valence-electron chi connectivity index (χ1n) is 10.0. The molecule has 0 saturated carbocycles. The van der Waals surface area contributed by atoms with E-state index >= 15 is 0 Å². The fourth-order valence-corrected chi connectivity index (χ4v) is 3.85. The summed E-state index contributed by atoms with van der Waals surface area (Å²) < 4.78 is 38.6. The minimum Gasteiger partial charge on any atom is -0.481 e. The summed E-state index contributed by atoms with van der Waals surface area (Å²) in [5.41, 5.74) is 0.334. The molecule has 0 aliphatic heterocycles. The molecular weight excluding hydrogens is 517 g/mol. The third-order valence-corrected chi connectivity index (χ3v) is 5.46. The van der Waals surface area contributed by atoms with Crippen LogP contribution in [-0.2, 0) is 27.1 Å². The molecule has 2 aromatic rings. The second kappa shape index (κ2) is 15.4. The standard InChI is InChI=1S/C20H23BrFNO4S.C2H6.CH4S/c1-20(2,3)27-19(24)13-26-18-10-5-14(11-17(18)21)12-23(4)28(25)16-8-6-15(22)7-9-16;2*1-2/h5-11H,12-13H2,1-4H3;1-2H3;2H,1H3. The van der Waals surface area contributed by atoms with Gasteiger partial charge < -0.3 is 9.47 Å². The van der Waals surface area contributed by atoms with Crippen LogP contribution in [0.2, 0.25) is 0 Å². The molecule has 2 rings (SSSR count). The highest BCUT2D eigenvalue weighted by atomic mass is 79.9. The lowest BCUT2D eigenvalue weighted by molar-refractivity contribution is -0.157. The lowest BCUT2D eigenvalue weighted by Crippen LogP contribution is -2.27. The zero-order chi connectivity index (χ0) is 24.9. The molecule has 9 heteroatoms. The van der Waals surface area contributed by atoms with E-state index in [1.807, 2.05) is 26.0 Å². The number of esters is 1. The molecule has 0 saturated heterocycles. The van der Waals surface area contributed by atoms with Gasteiger partial charge in [0.1, 0.15) is 28.2 Å². The van der Waals surface area contributed by atoms with E-state index in [-0.39, 0.29) is 12.4 Å². The molecule has 1 unspecified atom stereocenters. The summed E-state index contributed by atoms with van der Waals surface area (Å²) in [7, 11) is 0.313. The van der Waals surface area contributed by atoms with Crippen LogP contribution < -0.4 is 4.74 Å². The Kier molecular flexibility index (Phi) is 14.7. The molecule has 32 heavy (non-hydrogen) atoms. The first-order valence-corrected chi connectivity index (χ1v) is 12.8. The van der Waals surface area contributed by atoms with Gasteiger partial charge in [-0.2, -0.15) is 12.6 Å². The normalized spacial score (nSPS) is 11.5. The third-order valence-electron chi connectivity index (χ3n) is 3.47. The molecular formula is C23H33BrFNO4S2. The molecule has 0 N–H and O–H groups in total. The molecule has 0 spiro atoms. The molecule has 0 fully saturated rings. The number of nitrogens with zero attached hydrogens (tertiary/aromatic N) is 1. The fraction of sp³-hybridized carbons (Fsp3) is 0.435. The molecule has 0 radical (unpaired) electrons. The van der Waals surface area contributed by atoms with Gasteiger partial charge in [0.2, 0.25) is 0 Å². The second-order valence-electron chi connectivity index (χ2n) is 7.13. The Hall–Kier alpha value is -1.42. The molecule has 0 aliphatic carbocycles. The number of carbonyl (C=O) groups excluding carboxylic acids is 1. The van der Waals surface area contributed by atoms with E-state index in [0.717, 1.165) is 5.56 Å². The van der Waals surface area contributed by atoms with Crippen molar-refractivity contribution in [2.75, 3.05) is 19.9 Å². The van der Waals surface area contributed by atoms with Gasteiger partial charge in [-0.15, -0.1) is 0 Å². The third kappa shape index (κ3) is 11.4. The van der Waals surface area contributed by atoms with Gasteiger partial charge in [-0.3, -0.25) is 0 Å². The zero-order valence-corrected chi connectivity index (χ0v) is 22.9. The van der Waals surface area contributed by atoms with Crippen LogP contribution in [0.3, 0.4) is 0 Å². The van der Waals surface area contributed by atoms with Crippen LogP contribution in [0.5, 0.6) is 5.75 Å². The Morgan fingerprint density at radius 3 is 2.19 bits per heavy atom. The largest absolute Gasteiger partial charge is 0.481 e. The minimum absolute atomic E-state index is 0.191. The number of carbonyl (C=O) groups is 1. The quantitative estimate of drug-likeness (QED) is 0.338. The summed E-state index contributed by atoms with van der Waals surface area (Å²) in [6, 6.07) is 11.0. The van der Waals surface area contributed by atoms with E-state index in [0.29, 0.717) is 21.7 Å². The molecule has 2 aromatic carbocycles. The lowest BCUT2D eigenvalue weighted by atomic mass is 10.2. The van der Waals surface area contributed by atoms with E-state index in [9.17, 15) is 13.4 Å². The topological polar surface area (TPSA) is 55.8 Å². The Balaban J connectivity index is 0.00000227. The van der Waals surface area contributed by atoms with Crippen molar-refractivity contribution in [3.8, 4) is 5.75 Å². The predicted octanol–water partition coefficient (Wildman–Crippen LogP) is 6.04. The van der Waals surface area contributed by atoms with Gasteiger partial charge in [-0.05, 0) is 84.9 Å². The van der Waals surface area contributed by atoms with Crippen LogP contribution in [0.1, 0.15) is 40.2 Å². The summed E-state index contributed by atoms with van der Waals surface area (Å²) in [4.78, 5) is 12.3. The van der Waals surface area contributed by atoms with E-state index in [4.69, 9.17) is 9.47 Å². The van der Waals surface area contributed by atoms with Crippen molar-refractivity contribution in [1.29, 1.82) is 0 Å². The highest BCUT2D eigenvalue weighted by Gasteiger charge is 2.17. The number of hydrogen-bond donors (Lipinski definition) is 1. The Morgan fingerprint density at radius 1 is 1.12 bits per heavy atom. The van der Waals surface area contributed by atoms with Crippen molar-refractivity contribution in [1.82, 2.24) is 4.31 Å². The summed E-state index contributed by atoms with van der Waals surface area (Å²) in [5, 5.41) is 0. The molecule has 0 bridgehead atoms. The Morgan fingerprint density at radius 2 is 1.69 bits per heavy atom. The van der Waals surface area contributed by atoms with Crippen molar-refractivity contribution in [2.24, 2.45) is 0 Å². The number of rotatable bonds is 7.